The van der Waals surface area contributed by atoms with Crippen LogP contribution in [0.25, 0.3) is 0 Å². The molecule has 0 aromatic carbocycles. The van der Waals surface area contributed by atoms with Gasteiger partial charge in [0.15, 0.2) is 17.4 Å². The van der Waals surface area contributed by atoms with Gasteiger partial charge in [0.25, 0.3) is 0 Å². The van der Waals surface area contributed by atoms with Crippen LogP contribution < -0.4 is 11.0 Å². The molecule has 0 aromatic heterocycles. The number of hydrogen-bond donors (Lipinski definition) is 2. The summed E-state index contributed by atoms with van der Waals surface area (Å²) in [5.41, 5.74) is 9.51. The van der Waals surface area contributed by atoms with Gasteiger partial charge < -0.3 is 4.52 Å². The van der Waals surface area contributed by atoms with Crippen molar-refractivity contribution in [2.45, 2.75) is 6.92 Å². The molecule has 8 heavy (non-hydrogen) atoms. The molecule has 0 fully saturated rings. The van der Waals surface area contributed by atoms with E-state index in [1.165, 1.54) is 0 Å². The average molecular weight is 154 g/mol. The SMILES string of the molecule is CCOP(N)(N)=O.[AlH3]. The molecule has 0 radical (unpaired) electrons. The summed E-state index contributed by atoms with van der Waals surface area (Å²) >= 11 is 0. The minimum atomic E-state index is -3.17. The van der Waals surface area contributed by atoms with E-state index in [4.69, 9.17) is 11.0 Å². The third kappa shape index (κ3) is 9.81. The molecule has 4 N–H and O–H groups in total. The van der Waals surface area contributed by atoms with E-state index in [-0.39, 0.29) is 17.4 Å². The van der Waals surface area contributed by atoms with E-state index in [9.17, 15) is 4.57 Å². The van der Waals surface area contributed by atoms with Gasteiger partial charge in [0, 0.05) is 0 Å². The van der Waals surface area contributed by atoms with Gasteiger partial charge in [-0.05, 0) is 6.92 Å². The lowest BCUT2D eigenvalue weighted by molar-refractivity contribution is 0.334. The predicted octanol–water partition coefficient (Wildman–Crippen LogP) is -1.14. The quantitative estimate of drug-likeness (QED) is 0.389. The summed E-state index contributed by atoms with van der Waals surface area (Å²) in [6, 6.07) is 0. The zero-order valence-electron chi connectivity index (χ0n) is 4.13. The molecule has 0 saturated carbocycles. The molecule has 4 nitrogen and oxygen atoms in total. The largest absolute Gasteiger partial charge is 0.335 e. The Balaban J connectivity index is 0. The molecule has 0 unspecified atom stereocenters. The summed E-state index contributed by atoms with van der Waals surface area (Å²) in [7, 11) is -3.17. The molecule has 0 aromatic rings. The first-order valence-corrected chi connectivity index (χ1v) is 3.64. The highest BCUT2D eigenvalue weighted by atomic mass is 31.2. The second kappa shape index (κ2) is 4.51. The van der Waals surface area contributed by atoms with Gasteiger partial charge in [-0.2, -0.15) is 0 Å². The smallest absolute Gasteiger partial charge is 0.307 e. The van der Waals surface area contributed by atoms with Crippen LogP contribution in [-0.2, 0) is 9.09 Å². The fourth-order valence-corrected chi connectivity index (χ4v) is 0.605. The molecular weight excluding hydrogens is 142 g/mol. The molecule has 6 heteroatoms. The predicted molar refractivity (Wildman–Crippen MR) is 37.5 cm³/mol. The monoisotopic (exact) mass is 154 g/mol. The Morgan fingerprint density at radius 3 is 2.00 bits per heavy atom. The van der Waals surface area contributed by atoms with Gasteiger partial charge in [-0.3, -0.25) is 4.57 Å². The van der Waals surface area contributed by atoms with Crippen molar-refractivity contribution in [3.63, 3.8) is 0 Å². The molecule has 0 rings (SSSR count). The lowest BCUT2D eigenvalue weighted by Crippen LogP contribution is -2.07. The van der Waals surface area contributed by atoms with Crippen molar-refractivity contribution in [1.29, 1.82) is 0 Å². The maximum absolute atomic E-state index is 10.1. The third-order valence-electron chi connectivity index (χ3n) is 0.331. The van der Waals surface area contributed by atoms with E-state index >= 15 is 0 Å². The first kappa shape index (κ1) is 11.4. The van der Waals surface area contributed by atoms with Gasteiger partial charge in [-0.15, -0.1) is 0 Å². The maximum Gasteiger partial charge on any atom is 0.335 e. The molecule has 0 aliphatic carbocycles. The van der Waals surface area contributed by atoms with Crippen LogP contribution in [0.2, 0.25) is 0 Å². The Morgan fingerprint density at radius 1 is 1.62 bits per heavy atom. The lowest BCUT2D eigenvalue weighted by atomic mass is 10.9. The maximum atomic E-state index is 10.1. The highest BCUT2D eigenvalue weighted by Crippen LogP contribution is 2.24. The molecule has 0 amide bonds. The highest BCUT2D eigenvalue weighted by Gasteiger charge is 2.03. The van der Waals surface area contributed by atoms with Crippen LogP contribution in [0.5, 0.6) is 0 Å². The van der Waals surface area contributed by atoms with Gasteiger partial charge in [0.2, 0.25) is 0 Å². The van der Waals surface area contributed by atoms with Crippen molar-refractivity contribution in [1.82, 2.24) is 0 Å². The molecule has 0 spiro atoms. The molecule has 0 heterocycles. The Kier molecular flexibility index (Phi) is 6.46. The van der Waals surface area contributed by atoms with Crippen molar-refractivity contribution in [3.05, 3.63) is 0 Å². The molecular formula is C2H12AlN2O2P. The van der Waals surface area contributed by atoms with Gasteiger partial charge in [0.1, 0.15) is 0 Å². The standard InChI is InChI=1S/C2H9N2O2P.Al.3H/c1-2-6-7(3,4)5;;;;/h2H2,1H3,(H4,3,4,5);;;;. The summed E-state index contributed by atoms with van der Waals surface area (Å²) in [4.78, 5) is 0. The normalized spacial score (nSPS) is 10.4. The van der Waals surface area contributed by atoms with Crippen LogP contribution in [0.4, 0.5) is 0 Å². The third-order valence-corrected chi connectivity index (χ3v) is 0.993. The summed E-state index contributed by atoms with van der Waals surface area (Å²) in [6.45, 7) is 1.97. The van der Waals surface area contributed by atoms with E-state index in [0.717, 1.165) is 0 Å². The Morgan fingerprint density at radius 2 is 2.00 bits per heavy atom. The topological polar surface area (TPSA) is 78.3 Å². The van der Waals surface area contributed by atoms with Gasteiger partial charge in [-0.1, -0.05) is 0 Å². The number of nitrogens with two attached hydrogens (primary N) is 2. The molecule has 0 aliphatic rings. The minimum absolute atomic E-state index is 0. The zero-order valence-corrected chi connectivity index (χ0v) is 5.02. The van der Waals surface area contributed by atoms with Crippen LogP contribution in [0.15, 0.2) is 0 Å². The van der Waals surface area contributed by atoms with Crippen molar-refractivity contribution < 1.29 is 9.09 Å². The highest BCUT2D eigenvalue weighted by molar-refractivity contribution is 7.53. The molecule has 0 aliphatic heterocycles. The van der Waals surface area contributed by atoms with E-state index in [1.54, 1.807) is 6.92 Å². The van der Waals surface area contributed by atoms with Crippen LogP contribution in [0, 0.1) is 0 Å². The molecule has 0 bridgehead atoms. The molecule has 0 atom stereocenters. The van der Waals surface area contributed by atoms with Crippen LogP contribution in [0.3, 0.4) is 0 Å². The van der Waals surface area contributed by atoms with Crippen molar-refractivity contribution >= 4 is 25.0 Å². The van der Waals surface area contributed by atoms with E-state index in [1.807, 2.05) is 0 Å². The molecule has 50 valence electrons. The van der Waals surface area contributed by atoms with Gasteiger partial charge in [0.05, 0.1) is 6.61 Å². The average Bonchev–Trinajstić information content (AvgIpc) is 1.30. The number of hydrogen-bond acceptors (Lipinski definition) is 2. The van der Waals surface area contributed by atoms with Crippen LogP contribution in [-0.4, -0.2) is 24.0 Å². The fraction of sp³-hybridized carbons (Fsp3) is 1.00. The first-order valence-electron chi connectivity index (χ1n) is 1.88. The van der Waals surface area contributed by atoms with Crippen LogP contribution in [0.1, 0.15) is 6.92 Å². The summed E-state index contributed by atoms with van der Waals surface area (Å²) in [6.07, 6.45) is 0. The zero-order chi connectivity index (χ0) is 5.91. The van der Waals surface area contributed by atoms with Crippen molar-refractivity contribution in [3.8, 4) is 0 Å². The van der Waals surface area contributed by atoms with E-state index in [0.29, 0.717) is 6.61 Å². The van der Waals surface area contributed by atoms with Crippen LogP contribution >= 0.6 is 7.67 Å². The van der Waals surface area contributed by atoms with E-state index < -0.39 is 7.67 Å². The Labute approximate surface area is 59.3 Å². The second-order valence-corrected chi connectivity index (χ2v) is 2.61. The Bertz CT molecular complexity index is 92.0. The minimum Gasteiger partial charge on any atom is -0.307 e. The number of rotatable bonds is 2. The summed E-state index contributed by atoms with van der Waals surface area (Å²) in [5.74, 6) is 0. The summed E-state index contributed by atoms with van der Waals surface area (Å²) < 4.78 is 14.5. The first-order chi connectivity index (χ1) is 3.06. The lowest BCUT2D eigenvalue weighted by Gasteiger charge is -2.01. The molecule has 0 saturated heterocycles. The van der Waals surface area contributed by atoms with Crippen molar-refractivity contribution in [2.75, 3.05) is 6.61 Å². The van der Waals surface area contributed by atoms with E-state index in [2.05, 4.69) is 4.52 Å². The second-order valence-electron chi connectivity index (χ2n) is 1.06. The Hall–Kier alpha value is 0.642. The van der Waals surface area contributed by atoms with Crippen molar-refractivity contribution in [2.24, 2.45) is 11.0 Å². The van der Waals surface area contributed by atoms with Gasteiger partial charge >= 0.3 is 7.67 Å². The fourth-order valence-electron chi connectivity index (χ4n) is 0.202. The van der Waals surface area contributed by atoms with Gasteiger partial charge in [-0.25, -0.2) is 11.0 Å². The summed E-state index contributed by atoms with van der Waals surface area (Å²) in [5, 5.41) is 0.